The largest absolute Gasteiger partial charge is 0.382 e. The maximum atomic E-state index is 5.44. The summed E-state index contributed by atoms with van der Waals surface area (Å²) < 4.78 is 5.44. The Morgan fingerprint density at radius 3 is 2.88 bits per heavy atom. The van der Waals surface area contributed by atoms with Gasteiger partial charge in [-0.15, -0.1) is 0 Å². The Balaban J connectivity index is 1.86. The van der Waals surface area contributed by atoms with Gasteiger partial charge < -0.3 is 15.0 Å². The van der Waals surface area contributed by atoms with Crippen LogP contribution in [0.15, 0.2) is 24.3 Å². The lowest BCUT2D eigenvalue weighted by molar-refractivity contribution is 0.0845. The SMILES string of the molecule is c1ccc2c(c1)NCCN2C1CCOCC1. The summed E-state index contributed by atoms with van der Waals surface area (Å²) in [6.45, 7) is 3.99. The van der Waals surface area contributed by atoms with E-state index in [1.165, 1.54) is 11.4 Å². The van der Waals surface area contributed by atoms with Gasteiger partial charge in [0.15, 0.2) is 0 Å². The Labute approximate surface area is 96.4 Å². The number of fused-ring (bicyclic) bond motifs is 1. The minimum absolute atomic E-state index is 0.664. The van der Waals surface area contributed by atoms with Gasteiger partial charge in [0.25, 0.3) is 0 Å². The van der Waals surface area contributed by atoms with Crippen molar-refractivity contribution < 1.29 is 4.74 Å². The molecule has 0 saturated carbocycles. The van der Waals surface area contributed by atoms with E-state index in [2.05, 4.69) is 34.5 Å². The van der Waals surface area contributed by atoms with Crippen molar-refractivity contribution >= 4 is 11.4 Å². The fourth-order valence-corrected chi connectivity index (χ4v) is 2.68. The van der Waals surface area contributed by atoms with E-state index < -0.39 is 0 Å². The van der Waals surface area contributed by atoms with Crippen molar-refractivity contribution in [2.45, 2.75) is 18.9 Å². The third kappa shape index (κ3) is 1.76. The molecule has 86 valence electrons. The van der Waals surface area contributed by atoms with E-state index in [1.807, 2.05) is 0 Å². The number of hydrogen-bond acceptors (Lipinski definition) is 3. The zero-order valence-corrected chi connectivity index (χ0v) is 9.48. The van der Waals surface area contributed by atoms with Crippen LogP contribution in [-0.4, -0.2) is 32.3 Å². The first-order chi connectivity index (χ1) is 7.95. The van der Waals surface area contributed by atoms with Crippen LogP contribution in [0.3, 0.4) is 0 Å². The third-order valence-electron chi connectivity index (χ3n) is 3.51. The standard InChI is InChI=1S/C13H18N2O/c1-2-4-13-12(3-1)14-7-8-15(13)11-5-9-16-10-6-11/h1-4,11,14H,5-10H2. The molecule has 1 N–H and O–H groups in total. The molecule has 2 aliphatic heterocycles. The van der Waals surface area contributed by atoms with E-state index >= 15 is 0 Å². The van der Waals surface area contributed by atoms with Crippen LogP contribution in [0.4, 0.5) is 11.4 Å². The topological polar surface area (TPSA) is 24.5 Å². The number of nitrogens with one attached hydrogen (secondary N) is 1. The monoisotopic (exact) mass is 218 g/mol. The molecule has 0 aromatic heterocycles. The molecule has 0 amide bonds. The normalized spacial score (nSPS) is 21.4. The van der Waals surface area contributed by atoms with E-state index in [9.17, 15) is 0 Å². The Morgan fingerprint density at radius 1 is 1.19 bits per heavy atom. The molecule has 3 heteroatoms. The quantitative estimate of drug-likeness (QED) is 0.781. The van der Waals surface area contributed by atoms with Crippen LogP contribution in [0, 0.1) is 0 Å². The first-order valence-corrected chi connectivity index (χ1v) is 6.12. The molecular formula is C13H18N2O. The molecule has 3 nitrogen and oxygen atoms in total. The summed E-state index contributed by atoms with van der Waals surface area (Å²) in [6, 6.07) is 9.27. The minimum atomic E-state index is 0.664. The van der Waals surface area contributed by atoms with Crippen molar-refractivity contribution in [2.24, 2.45) is 0 Å². The van der Waals surface area contributed by atoms with Crippen molar-refractivity contribution in [2.75, 3.05) is 36.5 Å². The lowest BCUT2D eigenvalue weighted by Crippen LogP contribution is -2.44. The van der Waals surface area contributed by atoms with Gasteiger partial charge in [-0.05, 0) is 25.0 Å². The summed E-state index contributed by atoms with van der Waals surface area (Å²) in [5.74, 6) is 0. The highest BCUT2D eigenvalue weighted by Crippen LogP contribution is 2.32. The minimum Gasteiger partial charge on any atom is -0.382 e. The molecule has 3 rings (SSSR count). The highest BCUT2D eigenvalue weighted by Gasteiger charge is 2.25. The van der Waals surface area contributed by atoms with E-state index in [4.69, 9.17) is 4.74 Å². The second-order valence-corrected chi connectivity index (χ2v) is 4.48. The van der Waals surface area contributed by atoms with Crippen LogP contribution in [0.5, 0.6) is 0 Å². The molecule has 0 aliphatic carbocycles. The lowest BCUT2D eigenvalue weighted by Gasteiger charge is -2.40. The summed E-state index contributed by atoms with van der Waals surface area (Å²) in [6.07, 6.45) is 2.32. The van der Waals surface area contributed by atoms with Crippen LogP contribution < -0.4 is 10.2 Å². The van der Waals surface area contributed by atoms with Gasteiger partial charge >= 0.3 is 0 Å². The second kappa shape index (κ2) is 4.34. The number of hydrogen-bond donors (Lipinski definition) is 1. The molecule has 0 spiro atoms. The van der Waals surface area contributed by atoms with E-state index in [0.717, 1.165) is 39.1 Å². The van der Waals surface area contributed by atoms with Crippen LogP contribution in [0.2, 0.25) is 0 Å². The smallest absolute Gasteiger partial charge is 0.0605 e. The van der Waals surface area contributed by atoms with Gasteiger partial charge in [-0.1, -0.05) is 12.1 Å². The van der Waals surface area contributed by atoms with Gasteiger partial charge in [-0.2, -0.15) is 0 Å². The highest BCUT2D eigenvalue weighted by molar-refractivity contribution is 5.72. The average molecular weight is 218 g/mol. The predicted molar refractivity (Wildman–Crippen MR) is 66.1 cm³/mol. The van der Waals surface area contributed by atoms with E-state index in [1.54, 1.807) is 0 Å². The first kappa shape index (κ1) is 9.97. The predicted octanol–water partition coefficient (Wildman–Crippen LogP) is 2.10. The molecule has 2 aliphatic rings. The number of anilines is 2. The van der Waals surface area contributed by atoms with Crippen LogP contribution in [0.1, 0.15) is 12.8 Å². The molecule has 1 fully saturated rings. The fourth-order valence-electron chi connectivity index (χ4n) is 2.68. The highest BCUT2D eigenvalue weighted by atomic mass is 16.5. The van der Waals surface area contributed by atoms with E-state index in [-0.39, 0.29) is 0 Å². The number of para-hydroxylation sites is 2. The molecule has 0 radical (unpaired) electrons. The Morgan fingerprint density at radius 2 is 2.00 bits per heavy atom. The van der Waals surface area contributed by atoms with Gasteiger partial charge in [0, 0.05) is 32.3 Å². The number of ether oxygens (including phenoxy) is 1. The molecular weight excluding hydrogens is 200 g/mol. The average Bonchev–Trinajstić information content (AvgIpc) is 2.39. The summed E-state index contributed by atoms with van der Waals surface area (Å²) in [7, 11) is 0. The maximum absolute atomic E-state index is 5.44. The Hall–Kier alpha value is -1.22. The maximum Gasteiger partial charge on any atom is 0.0605 e. The molecule has 0 bridgehead atoms. The zero-order chi connectivity index (χ0) is 10.8. The van der Waals surface area contributed by atoms with Gasteiger partial charge in [-0.25, -0.2) is 0 Å². The summed E-state index contributed by atoms with van der Waals surface area (Å²) >= 11 is 0. The third-order valence-corrected chi connectivity index (χ3v) is 3.51. The van der Waals surface area contributed by atoms with Crippen LogP contribution in [0.25, 0.3) is 0 Å². The fraction of sp³-hybridized carbons (Fsp3) is 0.538. The lowest BCUT2D eigenvalue weighted by atomic mass is 10.0. The Bertz CT molecular complexity index is 361. The molecule has 1 aromatic rings. The van der Waals surface area contributed by atoms with Crippen molar-refractivity contribution in [3.05, 3.63) is 24.3 Å². The van der Waals surface area contributed by atoms with Crippen molar-refractivity contribution in [1.29, 1.82) is 0 Å². The molecule has 0 atom stereocenters. The molecule has 1 saturated heterocycles. The molecule has 16 heavy (non-hydrogen) atoms. The van der Waals surface area contributed by atoms with Gasteiger partial charge in [0.1, 0.15) is 0 Å². The number of nitrogens with zero attached hydrogens (tertiary/aromatic N) is 1. The second-order valence-electron chi connectivity index (χ2n) is 4.48. The molecule has 2 heterocycles. The molecule has 1 aromatic carbocycles. The number of benzene rings is 1. The van der Waals surface area contributed by atoms with Crippen molar-refractivity contribution in [3.63, 3.8) is 0 Å². The number of rotatable bonds is 1. The van der Waals surface area contributed by atoms with E-state index in [0.29, 0.717) is 6.04 Å². The summed E-state index contributed by atoms with van der Waals surface area (Å²) in [5.41, 5.74) is 2.64. The zero-order valence-electron chi connectivity index (χ0n) is 9.48. The van der Waals surface area contributed by atoms with Crippen LogP contribution in [-0.2, 0) is 4.74 Å². The van der Waals surface area contributed by atoms with Crippen LogP contribution >= 0.6 is 0 Å². The summed E-state index contributed by atoms with van der Waals surface area (Å²) in [4.78, 5) is 2.55. The van der Waals surface area contributed by atoms with Gasteiger partial charge in [0.05, 0.1) is 11.4 Å². The first-order valence-electron chi connectivity index (χ1n) is 6.12. The van der Waals surface area contributed by atoms with Crippen molar-refractivity contribution in [3.8, 4) is 0 Å². The van der Waals surface area contributed by atoms with Gasteiger partial charge in [-0.3, -0.25) is 0 Å². The summed E-state index contributed by atoms with van der Waals surface area (Å²) in [5, 5.41) is 3.46. The van der Waals surface area contributed by atoms with Gasteiger partial charge in [0.2, 0.25) is 0 Å². The van der Waals surface area contributed by atoms with Crippen molar-refractivity contribution in [1.82, 2.24) is 0 Å². The molecule has 0 unspecified atom stereocenters. The Kier molecular flexibility index (Phi) is 2.70.